The Hall–Kier alpha value is -3.08. The number of carbonyl (C=O) groups is 2. The van der Waals surface area contributed by atoms with E-state index in [2.05, 4.69) is 5.32 Å². The fourth-order valence-electron chi connectivity index (χ4n) is 2.19. The van der Waals surface area contributed by atoms with Crippen LogP contribution in [0, 0.1) is 0 Å². The highest BCUT2D eigenvalue weighted by Gasteiger charge is 2.03. The maximum Gasteiger partial charge on any atom is 0.307 e. The number of rotatable bonds is 8. The lowest BCUT2D eigenvalue weighted by Gasteiger charge is -2.07. The predicted octanol–water partition coefficient (Wildman–Crippen LogP) is 3.75. The molecule has 0 aliphatic rings. The summed E-state index contributed by atoms with van der Waals surface area (Å²) in [6.07, 6.45) is 4.03. The Balaban J connectivity index is 1.98. The van der Waals surface area contributed by atoms with Crippen molar-refractivity contribution in [1.82, 2.24) is 0 Å². The molecule has 2 aromatic carbocycles. The van der Waals surface area contributed by atoms with Crippen molar-refractivity contribution >= 4 is 23.6 Å². The number of hydrogen-bond donors (Lipinski definition) is 2. The number of ether oxygens (including phenoxy) is 1. The molecule has 0 atom stereocenters. The summed E-state index contributed by atoms with van der Waals surface area (Å²) in [5.74, 6) is -0.411. The van der Waals surface area contributed by atoms with Crippen LogP contribution in [0.4, 0.5) is 5.69 Å². The lowest BCUT2D eigenvalue weighted by Crippen LogP contribution is -2.08. The van der Waals surface area contributed by atoms with Gasteiger partial charge in [-0.3, -0.25) is 9.59 Å². The first-order chi connectivity index (χ1) is 12.1. The van der Waals surface area contributed by atoms with Crippen LogP contribution in [0.3, 0.4) is 0 Å². The highest BCUT2D eigenvalue weighted by molar-refractivity contribution is 6.02. The Morgan fingerprint density at radius 3 is 2.52 bits per heavy atom. The van der Waals surface area contributed by atoms with Gasteiger partial charge in [0.05, 0.1) is 13.0 Å². The normalized spacial score (nSPS) is 10.6. The minimum atomic E-state index is -0.885. The Kier molecular flexibility index (Phi) is 6.77. The van der Waals surface area contributed by atoms with E-state index < -0.39 is 5.97 Å². The molecule has 0 aromatic heterocycles. The molecule has 130 valence electrons. The van der Waals surface area contributed by atoms with E-state index in [1.165, 1.54) is 6.08 Å². The molecule has 2 N–H and O–H groups in total. The lowest BCUT2D eigenvalue weighted by molar-refractivity contribution is -0.136. The van der Waals surface area contributed by atoms with Crippen LogP contribution in [-0.2, 0) is 16.0 Å². The first kappa shape index (κ1) is 18.3. The Morgan fingerprint density at radius 1 is 1.12 bits per heavy atom. The molecule has 5 nitrogen and oxygen atoms in total. The number of hydrogen-bond acceptors (Lipinski definition) is 3. The van der Waals surface area contributed by atoms with Crippen molar-refractivity contribution in [3.8, 4) is 5.75 Å². The van der Waals surface area contributed by atoms with E-state index >= 15 is 0 Å². The Morgan fingerprint density at radius 2 is 1.84 bits per heavy atom. The molecule has 25 heavy (non-hydrogen) atoms. The number of amides is 1. The van der Waals surface area contributed by atoms with Gasteiger partial charge in [0, 0.05) is 17.3 Å². The molecule has 0 bridgehead atoms. The molecular formula is C20H21NO4. The number of carbonyl (C=O) groups excluding carboxylic acids is 1. The first-order valence-electron chi connectivity index (χ1n) is 8.10. The van der Waals surface area contributed by atoms with Crippen LogP contribution < -0.4 is 10.1 Å². The lowest BCUT2D eigenvalue weighted by atomic mass is 10.1. The van der Waals surface area contributed by atoms with Gasteiger partial charge in [-0.1, -0.05) is 37.3 Å². The number of aliphatic carboxylic acids is 1. The van der Waals surface area contributed by atoms with E-state index in [0.29, 0.717) is 17.9 Å². The van der Waals surface area contributed by atoms with Gasteiger partial charge in [0.25, 0.3) is 0 Å². The van der Waals surface area contributed by atoms with Crippen LogP contribution in [0.15, 0.2) is 54.6 Å². The standard InChI is InChI=1S/C20H21NO4/c1-2-13-25-18-6-4-3-5-16(18)9-12-19(22)21-17-10-7-15(8-11-17)14-20(23)24/h3-12H,2,13-14H2,1H3,(H,21,22)(H,23,24)/b12-9+. The van der Waals surface area contributed by atoms with Gasteiger partial charge < -0.3 is 15.2 Å². The summed E-state index contributed by atoms with van der Waals surface area (Å²) in [5.41, 5.74) is 2.13. The molecule has 0 unspecified atom stereocenters. The van der Waals surface area contributed by atoms with Crippen LogP contribution in [0.5, 0.6) is 5.75 Å². The van der Waals surface area contributed by atoms with Gasteiger partial charge in [0.1, 0.15) is 5.75 Å². The largest absolute Gasteiger partial charge is 0.493 e. The molecule has 2 aromatic rings. The molecule has 0 fully saturated rings. The fraction of sp³-hybridized carbons (Fsp3) is 0.200. The van der Waals surface area contributed by atoms with Crippen molar-refractivity contribution in [3.05, 3.63) is 65.7 Å². The second-order valence-electron chi connectivity index (χ2n) is 5.48. The average molecular weight is 339 g/mol. The molecular weight excluding hydrogens is 318 g/mol. The van der Waals surface area contributed by atoms with Crippen LogP contribution in [0.2, 0.25) is 0 Å². The third-order valence-electron chi connectivity index (χ3n) is 3.37. The number of para-hydroxylation sites is 1. The summed E-state index contributed by atoms with van der Waals surface area (Å²) < 4.78 is 5.65. The monoisotopic (exact) mass is 339 g/mol. The molecule has 0 spiro atoms. The van der Waals surface area contributed by atoms with E-state index in [-0.39, 0.29) is 12.3 Å². The minimum absolute atomic E-state index is 0.0390. The molecule has 0 aliphatic heterocycles. The van der Waals surface area contributed by atoms with Crippen molar-refractivity contribution in [1.29, 1.82) is 0 Å². The topological polar surface area (TPSA) is 75.6 Å². The van der Waals surface area contributed by atoms with Gasteiger partial charge in [-0.25, -0.2) is 0 Å². The molecule has 2 rings (SSSR count). The van der Waals surface area contributed by atoms with E-state index in [4.69, 9.17) is 9.84 Å². The number of carboxylic acid groups (broad SMARTS) is 1. The summed E-state index contributed by atoms with van der Waals surface area (Å²) >= 11 is 0. The van der Waals surface area contributed by atoms with Gasteiger partial charge in [-0.15, -0.1) is 0 Å². The van der Waals surface area contributed by atoms with Gasteiger partial charge in [0.15, 0.2) is 0 Å². The van der Waals surface area contributed by atoms with Gasteiger partial charge in [-0.05, 0) is 36.3 Å². The Labute approximate surface area is 146 Å². The number of anilines is 1. The third-order valence-corrected chi connectivity index (χ3v) is 3.37. The second-order valence-corrected chi connectivity index (χ2v) is 5.48. The van der Waals surface area contributed by atoms with Gasteiger partial charge >= 0.3 is 5.97 Å². The number of benzene rings is 2. The summed E-state index contributed by atoms with van der Waals surface area (Å²) in [4.78, 5) is 22.7. The highest BCUT2D eigenvalue weighted by Crippen LogP contribution is 2.19. The minimum Gasteiger partial charge on any atom is -0.493 e. The zero-order valence-corrected chi connectivity index (χ0v) is 14.1. The predicted molar refractivity (Wildman–Crippen MR) is 97.7 cm³/mol. The molecule has 1 amide bonds. The molecule has 0 aliphatic carbocycles. The zero-order valence-electron chi connectivity index (χ0n) is 14.1. The van der Waals surface area contributed by atoms with E-state index in [9.17, 15) is 9.59 Å². The SMILES string of the molecule is CCCOc1ccccc1/C=C/C(=O)Nc1ccc(CC(=O)O)cc1. The van der Waals surface area contributed by atoms with E-state index in [1.54, 1.807) is 30.3 Å². The summed E-state index contributed by atoms with van der Waals surface area (Å²) in [6.45, 7) is 2.66. The number of carboxylic acids is 1. The average Bonchev–Trinajstić information content (AvgIpc) is 2.60. The molecule has 0 radical (unpaired) electrons. The van der Waals surface area contributed by atoms with Crippen LogP contribution in [0.1, 0.15) is 24.5 Å². The zero-order chi connectivity index (χ0) is 18.1. The first-order valence-corrected chi connectivity index (χ1v) is 8.10. The second kappa shape index (κ2) is 9.27. The quantitative estimate of drug-likeness (QED) is 0.718. The Bertz CT molecular complexity index is 751. The van der Waals surface area contributed by atoms with Crippen molar-refractivity contribution in [3.63, 3.8) is 0 Å². The summed E-state index contributed by atoms with van der Waals surface area (Å²) in [6, 6.07) is 14.3. The van der Waals surface area contributed by atoms with Crippen molar-refractivity contribution in [2.24, 2.45) is 0 Å². The van der Waals surface area contributed by atoms with Gasteiger partial charge in [-0.2, -0.15) is 0 Å². The maximum atomic E-state index is 12.0. The maximum absolute atomic E-state index is 12.0. The van der Waals surface area contributed by atoms with Crippen LogP contribution in [0.25, 0.3) is 6.08 Å². The van der Waals surface area contributed by atoms with E-state index in [0.717, 1.165) is 17.7 Å². The molecule has 0 heterocycles. The van der Waals surface area contributed by atoms with Gasteiger partial charge in [0.2, 0.25) is 5.91 Å². The molecule has 0 saturated carbocycles. The van der Waals surface area contributed by atoms with Crippen LogP contribution >= 0.6 is 0 Å². The summed E-state index contributed by atoms with van der Waals surface area (Å²) in [5, 5.41) is 11.5. The number of nitrogens with one attached hydrogen (secondary N) is 1. The summed E-state index contributed by atoms with van der Waals surface area (Å²) in [7, 11) is 0. The van der Waals surface area contributed by atoms with Crippen LogP contribution in [-0.4, -0.2) is 23.6 Å². The third kappa shape index (κ3) is 6.14. The molecule has 0 saturated heterocycles. The highest BCUT2D eigenvalue weighted by atomic mass is 16.5. The van der Waals surface area contributed by atoms with Crippen molar-refractivity contribution in [2.45, 2.75) is 19.8 Å². The molecule has 5 heteroatoms. The van der Waals surface area contributed by atoms with Crippen molar-refractivity contribution < 1.29 is 19.4 Å². The fourth-order valence-corrected chi connectivity index (χ4v) is 2.19. The van der Waals surface area contributed by atoms with Crippen molar-refractivity contribution in [2.75, 3.05) is 11.9 Å². The smallest absolute Gasteiger partial charge is 0.307 e. The van der Waals surface area contributed by atoms with E-state index in [1.807, 2.05) is 31.2 Å².